The summed E-state index contributed by atoms with van der Waals surface area (Å²) < 4.78 is 34.9. The predicted molar refractivity (Wildman–Crippen MR) is 418 cm³/mol. The molecule has 96 heavy (non-hydrogen) atoms. The molecule has 0 spiro atoms. The number of carbonyl (C=O) groups excluding carboxylic acids is 2. The van der Waals surface area contributed by atoms with Crippen molar-refractivity contribution in [1.82, 2.24) is 0 Å². The molecule has 1 N–H and O–H groups in total. The predicted octanol–water partition coefficient (Wildman–Crippen LogP) is 28.3. The number of allylic oxidation sites excluding steroid dienone is 8. The van der Waals surface area contributed by atoms with Crippen LogP contribution in [0.15, 0.2) is 48.6 Å². The normalized spacial score (nSPS) is 13.2. The highest BCUT2D eigenvalue weighted by atomic mass is 31.2. The Labute approximate surface area is 598 Å². The van der Waals surface area contributed by atoms with Crippen molar-refractivity contribution in [2.75, 3.05) is 47.5 Å². The Morgan fingerprint density at radius 2 is 0.594 bits per heavy atom. The zero-order valence-corrected chi connectivity index (χ0v) is 65.8. The first-order chi connectivity index (χ1) is 47.0. The zero-order chi connectivity index (χ0) is 69.7. The van der Waals surface area contributed by atoms with Crippen LogP contribution in [0.1, 0.15) is 438 Å². The first kappa shape index (κ1) is 94.0. The number of esters is 2. The van der Waals surface area contributed by atoms with Crippen molar-refractivity contribution in [1.29, 1.82) is 0 Å². The highest BCUT2D eigenvalue weighted by Gasteiger charge is 2.27. The molecule has 0 heterocycles. The molecule has 0 bridgehead atoms. The van der Waals surface area contributed by atoms with Crippen LogP contribution in [0.3, 0.4) is 0 Å². The van der Waals surface area contributed by atoms with Crippen molar-refractivity contribution in [3.63, 3.8) is 0 Å². The van der Waals surface area contributed by atoms with E-state index < -0.39 is 26.5 Å². The minimum absolute atomic E-state index is 0.0348. The number of likely N-dealkylation sites (N-methyl/N-ethyl adjacent to an activating group) is 1. The molecule has 0 aromatic heterocycles. The van der Waals surface area contributed by atoms with E-state index in [4.69, 9.17) is 18.5 Å². The van der Waals surface area contributed by atoms with Crippen molar-refractivity contribution < 1.29 is 42.1 Å². The average Bonchev–Trinajstić information content (AvgIpc) is 1.48. The molecule has 0 aliphatic heterocycles. The summed E-state index contributed by atoms with van der Waals surface area (Å²) in [5.74, 6) is -0.771. The summed E-state index contributed by atoms with van der Waals surface area (Å²) in [6, 6.07) is 0. The van der Waals surface area contributed by atoms with Crippen LogP contribution in [0.25, 0.3) is 0 Å². The molecular formula is C86H165NO8P+. The van der Waals surface area contributed by atoms with E-state index in [-0.39, 0.29) is 25.6 Å². The van der Waals surface area contributed by atoms with Gasteiger partial charge in [0.15, 0.2) is 6.10 Å². The smallest absolute Gasteiger partial charge is 0.462 e. The summed E-state index contributed by atoms with van der Waals surface area (Å²) in [7, 11) is 1.50. The molecule has 0 radical (unpaired) electrons. The summed E-state index contributed by atoms with van der Waals surface area (Å²) in [5, 5.41) is 0. The van der Waals surface area contributed by atoms with Gasteiger partial charge in [0.1, 0.15) is 19.8 Å². The maximum atomic E-state index is 12.9. The van der Waals surface area contributed by atoms with Gasteiger partial charge in [0.2, 0.25) is 0 Å². The number of hydrogen-bond donors (Lipinski definition) is 1. The zero-order valence-electron chi connectivity index (χ0n) is 64.9. The number of nitrogens with zero attached hydrogens (tertiary/aromatic N) is 1. The first-order valence-corrected chi connectivity index (χ1v) is 43.9. The Bertz CT molecular complexity index is 1760. The molecule has 566 valence electrons. The van der Waals surface area contributed by atoms with Gasteiger partial charge >= 0.3 is 19.8 Å². The third-order valence-electron chi connectivity index (χ3n) is 19.4. The van der Waals surface area contributed by atoms with Crippen LogP contribution < -0.4 is 0 Å². The first-order valence-electron chi connectivity index (χ1n) is 42.4. The van der Waals surface area contributed by atoms with Crippen molar-refractivity contribution >= 4 is 19.8 Å². The summed E-state index contributed by atoms with van der Waals surface area (Å²) in [6.07, 6.45) is 103. The summed E-state index contributed by atoms with van der Waals surface area (Å²) in [4.78, 5) is 36.0. The van der Waals surface area contributed by atoms with E-state index in [0.717, 1.165) is 57.8 Å². The molecule has 0 amide bonds. The highest BCUT2D eigenvalue weighted by molar-refractivity contribution is 7.47. The molecule has 10 heteroatoms. The number of phosphoric ester groups is 1. The lowest BCUT2D eigenvalue weighted by Gasteiger charge is -2.24. The van der Waals surface area contributed by atoms with Crippen molar-refractivity contribution in [2.24, 2.45) is 0 Å². The summed E-state index contributed by atoms with van der Waals surface area (Å²) in [5.41, 5.74) is 0. The Kier molecular flexibility index (Phi) is 75.5. The van der Waals surface area contributed by atoms with Gasteiger partial charge in [-0.15, -0.1) is 0 Å². The van der Waals surface area contributed by atoms with Gasteiger partial charge in [-0.1, -0.05) is 422 Å². The lowest BCUT2D eigenvalue weighted by molar-refractivity contribution is -0.870. The van der Waals surface area contributed by atoms with Crippen LogP contribution in [0.5, 0.6) is 0 Å². The Morgan fingerprint density at radius 3 is 0.885 bits per heavy atom. The lowest BCUT2D eigenvalue weighted by atomic mass is 10.0. The molecular weight excluding hydrogens is 1210 g/mol. The van der Waals surface area contributed by atoms with Gasteiger partial charge in [-0.25, -0.2) is 4.57 Å². The number of hydrogen-bond acceptors (Lipinski definition) is 7. The van der Waals surface area contributed by atoms with Gasteiger partial charge in [-0.3, -0.25) is 18.6 Å². The second kappa shape index (κ2) is 77.1. The number of carbonyl (C=O) groups is 2. The fraction of sp³-hybridized carbons (Fsp3) is 0.884. The molecule has 0 saturated heterocycles. The van der Waals surface area contributed by atoms with Crippen LogP contribution in [0, 0.1) is 0 Å². The minimum atomic E-state index is -4.39. The second-order valence-corrected chi connectivity index (χ2v) is 31.7. The maximum Gasteiger partial charge on any atom is 0.472 e. The van der Waals surface area contributed by atoms with E-state index >= 15 is 0 Å². The average molecular weight is 1370 g/mol. The van der Waals surface area contributed by atoms with Crippen LogP contribution in [0.4, 0.5) is 0 Å². The van der Waals surface area contributed by atoms with E-state index in [2.05, 4.69) is 62.5 Å². The van der Waals surface area contributed by atoms with Crippen molar-refractivity contribution in [2.45, 2.75) is 444 Å². The van der Waals surface area contributed by atoms with Crippen molar-refractivity contribution in [3.8, 4) is 0 Å². The van der Waals surface area contributed by atoms with Gasteiger partial charge in [-0.2, -0.15) is 0 Å². The van der Waals surface area contributed by atoms with Crippen molar-refractivity contribution in [3.05, 3.63) is 48.6 Å². The standard InChI is InChI=1S/C86H164NO8P/c1-6-8-10-12-14-16-18-20-22-24-26-28-30-32-34-36-38-40-41-42-43-44-45-47-48-50-52-54-56-58-60-62-64-66-68-70-72-74-76-78-85(88)92-82-84(83-94-96(90,91)93-81-80-87(3,4)5)95-86(89)79-77-75-73-71-69-67-65-63-61-59-57-55-53-51-49-46-39-37-35-33-31-29-27-25-23-21-19-17-15-13-11-9-7-2/h9,11,15,17,21,23,27,29,84H,6-8,10,12-14,16,18-20,22,24-26,28,30-83H2,1-5H3/p+1/b11-9-,17-15-,23-21-,29-27-. The van der Waals surface area contributed by atoms with Gasteiger partial charge < -0.3 is 18.9 Å². The van der Waals surface area contributed by atoms with Crippen LogP contribution in [-0.2, 0) is 32.7 Å². The van der Waals surface area contributed by atoms with Crippen LogP contribution in [0.2, 0.25) is 0 Å². The third kappa shape index (κ3) is 80.9. The number of rotatable bonds is 80. The molecule has 0 aliphatic carbocycles. The highest BCUT2D eigenvalue weighted by Crippen LogP contribution is 2.43. The SMILES string of the molecule is CC/C=C\C/C=C\C/C=C\C/C=C\CCCCCCCCCCCCCCCCCCCCCCC(=O)OC(COC(=O)CCCCCCCCCCCCCCCCCCCCCCCCCCCCCCCCCCCCCCCCC)COP(=O)(O)OCC[N+](C)(C)C. The molecule has 2 atom stereocenters. The van der Waals surface area contributed by atoms with E-state index in [0.29, 0.717) is 23.9 Å². The topological polar surface area (TPSA) is 108 Å². The Hall–Kier alpha value is -2.03. The fourth-order valence-corrected chi connectivity index (χ4v) is 13.7. The minimum Gasteiger partial charge on any atom is -0.462 e. The molecule has 2 unspecified atom stereocenters. The van der Waals surface area contributed by atoms with E-state index in [1.807, 2.05) is 21.1 Å². The van der Waals surface area contributed by atoms with Gasteiger partial charge in [-0.05, 0) is 51.4 Å². The Balaban J connectivity index is 3.86. The van der Waals surface area contributed by atoms with E-state index in [1.54, 1.807) is 0 Å². The van der Waals surface area contributed by atoms with E-state index in [9.17, 15) is 19.0 Å². The molecule has 0 aromatic rings. The van der Waals surface area contributed by atoms with Crippen LogP contribution in [-0.4, -0.2) is 74.9 Å². The number of quaternary nitrogens is 1. The van der Waals surface area contributed by atoms with E-state index in [1.165, 1.54) is 347 Å². The van der Waals surface area contributed by atoms with Gasteiger partial charge in [0.05, 0.1) is 27.7 Å². The quantitative estimate of drug-likeness (QED) is 0.0211. The third-order valence-corrected chi connectivity index (χ3v) is 20.4. The van der Waals surface area contributed by atoms with Crippen LogP contribution >= 0.6 is 7.82 Å². The lowest BCUT2D eigenvalue weighted by Crippen LogP contribution is -2.37. The monoisotopic (exact) mass is 1370 g/mol. The number of unbranched alkanes of at least 4 members (excludes halogenated alkanes) is 58. The van der Waals surface area contributed by atoms with Gasteiger partial charge in [0.25, 0.3) is 0 Å². The van der Waals surface area contributed by atoms with Gasteiger partial charge in [0, 0.05) is 12.8 Å². The summed E-state index contributed by atoms with van der Waals surface area (Å²) >= 11 is 0. The largest absolute Gasteiger partial charge is 0.472 e. The summed E-state index contributed by atoms with van der Waals surface area (Å²) in [6.45, 7) is 4.41. The number of phosphoric acid groups is 1. The Morgan fingerprint density at radius 1 is 0.333 bits per heavy atom. The molecule has 9 nitrogen and oxygen atoms in total. The fourth-order valence-electron chi connectivity index (χ4n) is 13.0. The number of ether oxygens (including phenoxy) is 2. The second-order valence-electron chi connectivity index (χ2n) is 30.2. The molecule has 0 aliphatic rings. The molecule has 0 aromatic carbocycles. The molecule has 0 saturated carbocycles. The molecule has 0 fully saturated rings. The maximum absolute atomic E-state index is 12.9. The molecule has 0 rings (SSSR count).